The minimum absolute atomic E-state index is 0.00775. The van der Waals surface area contributed by atoms with Crippen molar-refractivity contribution in [3.8, 4) is 0 Å². The minimum Gasteiger partial charge on any atom is -0.458 e. The van der Waals surface area contributed by atoms with Crippen molar-refractivity contribution < 1.29 is 23.9 Å². The van der Waals surface area contributed by atoms with E-state index in [1.807, 2.05) is 6.07 Å². The normalized spacial score (nSPS) is 14.5. The highest BCUT2D eigenvalue weighted by molar-refractivity contribution is 6.26. The highest BCUT2D eigenvalue weighted by atomic mass is 16.5. The molecule has 2 aromatic rings. The smallest absolute Gasteiger partial charge is 0.336 e. The summed E-state index contributed by atoms with van der Waals surface area (Å²) >= 11 is 0. The van der Waals surface area contributed by atoms with Gasteiger partial charge >= 0.3 is 12.0 Å². The van der Waals surface area contributed by atoms with E-state index < -0.39 is 18.1 Å². The Labute approximate surface area is 181 Å². The summed E-state index contributed by atoms with van der Waals surface area (Å²) in [6.45, 7) is 1.65. The van der Waals surface area contributed by atoms with Crippen LogP contribution in [0.25, 0.3) is 0 Å². The van der Waals surface area contributed by atoms with Crippen molar-refractivity contribution in [1.82, 2.24) is 4.90 Å². The van der Waals surface area contributed by atoms with Gasteiger partial charge in [0.05, 0.1) is 12.1 Å². The second kappa shape index (κ2) is 9.42. The van der Waals surface area contributed by atoms with Crippen molar-refractivity contribution in [2.75, 3.05) is 30.4 Å². The van der Waals surface area contributed by atoms with Gasteiger partial charge in [-0.3, -0.25) is 19.3 Å². The van der Waals surface area contributed by atoms with Crippen LogP contribution < -0.4 is 9.80 Å². The molecule has 0 aromatic heterocycles. The molecule has 1 heterocycles. The molecule has 1 aliphatic rings. The van der Waals surface area contributed by atoms with Crippen molar-refractivity contribution in [2.45, 2.75) is 25.9 Å². The van der Waals surface area contributed by atoms with E-state index in [2.05, 4.69) is 0 Å². The maximum atomic E-state index is 12.9. The van der Waals surface area contributed by atoms with Crippen molar-refractivity contribution in [3.63, 3.8) is 0 Å². The van der Waals surface area contributed by atoms with Crippen molar-refractivity contribution in [2.24, 2.45) is 0 Å². The van der Waals surface area contributed by atoms with Crippen molar-refractivity contribution in [1.29, 1.82) is 0 Å². The zero-order valence-electron chi connectivity index (χ0n) is 17.8. The average molecular weight is 423 g/mol. The Balaban J connectivity index is 1.69. The lowest BCUT2D eigenvalue weighted by Crippen LogP contribution is -2.33. The zero-order valence-corrected chi connectivity index (χ0v) is 17.8. The lowest BCUT2D eigenvalue weighted by Gasteiger charge is -2.19. The summed E-state index contributed by atoms with van der Waals surface area (Å²) in [7, 11) is 3.26. The van der Waals surface area contributed by atoms with Gasteiger partial charge in [0.15, 0.2) is 0 Å². The molecular weight excluding hydrogens is 398 g/mol. The molecule has 1 saturated heterocycles. The summed E-state index contributed by atoms with van der Waals surface area (Å²) < 4.78 is 5.43. The lowest BCUT2D eigenvalue weighted by atomic mass is 10.1. The highest BCUT2D eigenvalue weighted by Crippen LogP contribution is 2.28. The van der Waals surface area contributed by atoms with Gasteiger partial charge in [-0.25, -0.2) is 9.69 Å². The highest BCUT2D eigenvalue weighted by Gasteiger charge is 2.38. The molecule has 2 aromatic carbocycles. The number of hydrogen-bond donors (Lipinski definition) is 0. The average Bonchev–Trinajstić information content (AvgIpc) is 3.06. The number of carbonyl (C=O) groups is 4. The van der Waals surface area contributed by atoms with Crippen LogP contribution in [-0.4, -0.2) is 49.4 Å². The third-order valence-corrected chi connectivity index (χ3v) is 4.98. The van der Waals surface area contributed by atoms with Gasteiger partial charge in [0.25, 0.3) is 5.91 Å². The van der Waals surface area contributed by atoms with E-state index in [-0.39, 0.29) is 31.2 Å². The number of esters is 1. The second-order valence-electron chi connectivity index (χ2n) is 7.45. The molecule has 3 rings (SSSR count). The number of hydrogen-bond acceptors (Lipinski definition) is 5. The number of urea groups is 1. The molecule has 31 heavy (non-hydrogen) atoms. The molecule has 162 valence electrons. The van der Waals surface area contributed by atoms with Gasteiger partial charge < -0.3 is 9.64 Å². The maximum Gasteiger partial charge on any atom is 0.336 e. The van der Waals surface area contributed by atoms with Crippen LogP contribution in [0, 0.1) is 0 Å². The molecule has 4 amide bonds. The third-order valence-electron chi connectivity index (χ3n) is 4.98. The van der Waals surface area contributed by atoms with Crippen LogP contribution in [0.4, 0.5) is 16.2 Å². The monoisotopic (exact) mass is 423 g/mol. The molecule has 0 N–H and O–H groups in total. The number of ether oxygens (including phenoxy) is 1. The Morgan fingerprint density at radius 2 is 1.68 bits per heavy atom. The maximum absolute atomic E-state index is 12.9. The molecule has 8 heteroatoms. The van der Waals surface area contributed by atoms with Crippen LogP contribution in [-0.2, 0) is 19.1 Å². The van der Waals surface area contributed by atoms with Crippen LogP contribution in [0.2, 0.25) is 0 Å². The van der Waals surface area contributed by atoms with E-state index in [0.29, 0.717) is 16.9 Å². The molecule has 1 atom stereocenters. The number of nitrogens with zero attached hydrogens (tertiary/aromatic N) is 3. The van der Waals surface area contributed by atoms with Gasteiger partial charge in [-0.1, -0.05) is 30.3 Å². The first kappa shape index (κ1) is 22.0. The molecule has 0 bridgehead atoms. The first-order chi connectivity index (χ1) is 14.8. The molecule has 0 radical (unpaired) electrons. The van der Waals surface area contributed by atoms with Crippen LogP contribution >= 0.6 is 0 Å². The fourth-order valence-electron chi connectivity index (χ4n) is 3.24. The van der Waals surface area contributed by atoms with Crippen molar-refractivity contribution in [3.05, 3.63) is 60.2 Å². The lowest BCUT2D eigenvalue weighted by molar-refractivity contribution is -0.150. The number of carbonyl (C=O) groups excluding carboxylic acids is 4. The number of amides is 4. The summed E-state index contributed by atoms with van der Waals surface area (Å²) in [5.41, 5.74) is 1.74. The third kappa shape index (κ3) is 5.09. The van der Waals surface area contributed by atoms with E-state index in [9.17, 15) is 19.2 Å². The Hall–Kier alpha value is -3.68. The molecule has 1 fully saturated rings. The Morgan fingerprint density at radius 1 is 1.00 bits per heavy atom. The standard InChI is InChI=1S/C23H25N3O5/c1-16(31-22(29)13-12-20(27)24(2)3)17-8-7-11-19(14-17)25-15-21(28)26(23(25)30)18-9-5-4-6-10-18/h4-11,14,16H,12-13,15H2,1-3H3. The number of benzene rings is 2. The van der Waals surface area contributed by atoms with Crippen LogP contribution in [0.15, 0.2) is 54.6 Å². The van der Waals surface area contributed by atoms with Crippen molar-refractivity contribution >= 4 is 35.2 Å². The molecule has 8 nitrogen and oxygen atoms in total. The van der Waals surface area contributed by atoms with E-state index in [1.165, 1.54) is 9.80 Å². The van der Waals surface area contributed by atoms with E-state index in [4.69, 9.17) is 4.74 Å². The van der Waals surface area contributed by atoms with Gasteiger partial charge in [0, 0.05) is 26.2 Å². The largest absolute Gasteiger partial charge is 0.458 e. The summed E-state index contributed by atoms with van der Waals surface area (Å²) in [6.07, 6.45) is -0.495. The molecule has 0 aliphatic carbocycles. The SMILES string of the molecule is CC(OC(=O)CCC(=O)N(C)C)c1cccc(N2CC(=O)N(c3ccccc3)C2=O)c1. The minimum atomic E-state index is -0.569. The first-order valence-electron chi connectivity index (χ1n) is 9.97. The number of para-hydroxylation sites is 1. The predicted octanol–water partition coefficient (Wildman–Crippen LogP) is 3.13. The summed E-state index contributed by atoms with van der Waals surface area (Å²) in [4.78, 5) is 53.0. The number of anilines is 2. The summed E-state index contributed by atoms with van der Waals surface area (Å²) in [5.74, 6) is -0.936. The Bertz CT molecular complexity index is 990. The topological polar surface area (TPSA) is 87.2 Å². The van der Waals surface area contributed by atoms with E-state index >= 15 is 0 Å². The molecule has 0 spiro atoms. The fourth-order valence-corrected chi connectivity index (χ4v) is 3.24. The molecular formula is C23H25N3O5. The number of rotatable bonds is 7. The van der Waals surface area contributed by atoms with Crippen LogP contribution in [0.5, 0.6) is 0 Å². The van der Waals surface area contributed by atoms with Gasteiger partial charge in [0.2, 0.25) is 5.91 Å². The summed E-state index contributed by atoms with van der Waals surface area (Å²) in [6, 6.07) is 15.3. The predicted molar refractivity (Wildman–Crippen MR) is 116 cm³/mol. The zero-order chi connectivity index (χ0) is 22.5. The molecule has 0 saturated carbocycles. The fraction of sp³-hybridized carbons (Fsp3) is 0.304. The Morgan fingerprint density at radius 3 is 2.35 bits per heavy atom. The molecule has 1 aliphatic heterocycles. The summed E-state index contributed by atoms with van der Waals surface area (Å²) in [5, 5.41) is 0. The van der Waals surface area contributed by atoms with E-state index in [0.717, 1.165) is 4.90 Å². The van der Waals surface area contributed by atoms with Gasteiger partial charge in [-0.05, 0) is 36.8 Å². The number of imide groups is 1. The van der Waals surface area contributed by atoms with E-state index in [1.54, 1.807) is 69.6 Å². The second-order valence-corrected chi connectivity index (χ2v) is 7.45. The van der Waals surface area contributed by atoms with Crippen LogP contribution in [0.1, 0.15) is 31.4 Å². The first-order valence-corrected chi connectivity index (χ1v) is 9.97. The quantitative estimate of drug-likeness (QED) is 0.504. The van der Waals surface area contributed by atoms with Crippen LogP contribution in [0.3, 0.4) is 0 Å². The van der Waals surface area contributed by atoms with Gasteiger partial charge in [-0.2, -0.15) is 0 Å². The Kier molecular flexibility index (Phi) is 6.69. The van der Waals surface area contributed by atoms with Gasteiger partial charge in [-0.15, -0.1) is 0 Å². The van der Waals surface area contributed by atoms with Gasteiger partial charge in [0.1, 0.15) is 12.6 Å². The molecule has 1 unspecified atom stereocenters.